The number of rotatable bonds is 5. The summed E-state index contributed by atoms with van der Waals surface area (Å²) in [6.07, 6.45) is 1.66. The second kappa shape index (κ2) is 8.18. The van der Waals surface area contributed by atoms with E-state index in [1.54, 1.807) is 18.3 Å². The number of esters is 1. The molecule has 1 aliphatic rings. The minimum Gasteiger partial charge on any atom is -0.454 e. The average molecular weight is 380 g/mol. The van der Waals surface area contributed by atoms with Crippen LogP contribution in [0.1, 0.15) is 21.7 Å². The molecule has 0 radical (unpaired) electrons. The summed E-state index contributed by atoms with van der Waals surface area (Å²) < 4.78 is 16.0. The number of hydrogen-bond donors (Lipinski definition) is 0. The highest BCUT2D eigenvalue weighted by molar-refractivity contribution is 5.94. The Labute approximate surface area is 162 Å². The fraction of sp³-hybridized carbons (Fsp3) is 0.300. The summed E-state index contributed by atoms with van der Waals surface area (Å²) in [5.74, 6) is 0.822. The normalized spacial score (nSPS) is 14.1. The summed E-state index contributed by atoms with van der Waals surface area (Å²) >= 11 is 0. The lowest BCUT2D eigenvalue weighted by molar-refractivity contribution is 0.0459. The maximum atomic E-state index is 12.6. The molecule has 1 fully saturated rings. The molecule has 0 N–H and O–H groups in total. The van der Waals surface area contributed by atoms with E-state index in [1.807, 2.05) is 36.1 Å². The molecule has 28 heavy (non-hydrogen) atoms. The van der Waals surface area contributed by atoms with Crippen LogP contribution in [0.2, 0.25) is 0 Å². The van der Waals surface area contributed by atoms with Gasteiger partial charge in [0.15, 0.2) is 6.61 Å². The Morgan fingerprint density at radius 2 is 1.96 bits per heavy atom. The summed E-state index contributed by atoms with van der Waals surface area (Å²) in [7, 11) is 0. The standard InChI is InChI=1S/C20H20N4O4/c1-14-4-6-15(7-5-14)19-22-17(23-28-19)13-27-20(25)16-3-2-8-21-18(16)24-9-11-26-12-10-24/h2-8H,9-13H2,1H3. The van der Waals surface area contributed by atoms with Gasteiger partial charge in [0.2, 0.25) is 5.82 Å². The number of anilines is 1. The zero-order valence-electron chi connectivity index (χ0n) is 15.5. The number of hydrogen-bond acceptors (Lipinski definition) is 8. The van der Waals surface area contributed by atoms with Crippen molar-refractivity contribution in [3.8, 4) is 11.5 Å². The van der Waals surface area contributed by atoms with Crippen LogP contribution in [-0.2, 0) is 16.1 Å². The topological polar surface area (TPSA) is 90.6 Å². The molecule has 0 unspecified atom stereocenters. The Balaban J connectivity index is 1.43. The Kier molecular flexibility index (Phi) is 5.29. The molecule has 0 aliphatic carbocycles. The Hall–Kier alpha value is -3.26. The number of nitrogens with zero attached hydrogens (tertiary/aromatic N) is 4. The third-order valence-electron chi connectivity index (χ3n) is 4.42. The van der Waals surface area contributed by atoms with Gasteiger partial charge < -0.3 is 18.9 Å². The fourth-order valence-electron chi connectivity index (χ4n) is 2.92. The predicted octanol–water partition coefficient (Wildman–Crippen LogP) is 2.63. The van der Waals surface area contributed by atoms with Crippen molar-refractivity contribution in [2.75, 3.05) is 31.2 Å². The van der Waals surface area contributed by atoms with Gasteiger partial charge in [-0.15, -0.1) is 0 Å². The Morgan fingerprint density at radius 3 is 2.75 bits per heavy atom. The molecule has 0 amide bonds. The van der Waals surface area contributed by atoms with Crippen molar-refractivity contribution < 1.29 is 18.8 Å². The lowest BCUT2D eigenvalue weighted by atomic mass is 10.1. The largest absolute Gasteiger partial charge is 0.454 e. The Bertz CT molecular complexity index is 949. The lowest BCUT2D eigenvalue weighted by Crippen LogP contribution is -2.37. The van der Waals surface area contributed by atoms with Gasteiger partial charge in [0.25, 0.3) is 5.89 Å². The van der Waals surface area contributed by atoms with Crippen LogP contribution in [0.25, 0.3) is 11.5 Å². The third kappa shape index (κ3) is 4.01. The first-order chi connectivity index (χ1) is 13.7. The van der Waals surface area contributed by atoms with E-state index in [-0.39, 0.29) is 6.61 Å². The van der Waals surface area contributed by atoms with Gasteiger partial charge in [-0.3, -0.25) is 0 Å². The van der Waals surface area contributed by atoms with Crippen molar-refractivity contribution in [3.63, 3.8) is 0 Å². The van der Waals surface area contributed by atoms with Crippen molar-refractivity contribution in [1.29, 1.82) is 0 Å². The molecule has 3 aromatic rings. The van der Waals surface area contributed by atoms with E-state index in [4.69, 9.17) is 14.0 Å². The van der Waals surface area contributed by atoms with Gasteiger partial charge in [-0.25, -0.2) is 9.78 Å². The molecule has 0 atom stereocenters. The first-order valence-electron chi connectivity index (χ1n) is 9.05. The van der Waals surface area contributed by atoms with Crippen LogP contribution in [0.4, 0.5) is 5.82 Å². The fourth-order valence-corrected chi connectivity index (χ4v) is 2.92. The van der Waals surface area contributed by atoms with Crippen molar-refractivity contribution in [1.82, 2.24) is 15.1 Å². The predicted molar refractivity (Wildman–Crippen MR) is 101 cm³/mol. The first kappa shape index (κ1) is 18.1. The molecule has 144 valence electrons. The number of aromatic nitrogens is 3. The van der Waals surface area contributed by atoms with Crippen LogP contribution in [0.15, 0.2) is 47.1 Å². The SMILES string of the molecule is Cc1ccc(-c2nc(COC(=O)c3cccnc3N3CCOCC3)no2)cc1. The highest BCUT2D eigenvalue weighted by atomic mass is 16.5. The highest BCUT2D eigenvalue weighted by Crippen LogP contribution is 2.21. The summed E-state index contributed by atoms with van der Waals surface area (Å²) in [5.41, 5.74) is 2.37. The number of morpholine rings is 1. The van der Waals surface area contributed by atoms with Crippen LogP contribution < -0.4 is 4.90 Å². The van der Waals surface area contributed by atoms with Gasteiger partial charge in [0.1, 0.15) is 11.4 Å². The number of carbonyl (C=O) groups is 1. The van der Waals surface area contributed by atoms with Gasteiger partial charge in [-0.2, -0.15) is 4.98 Å². The van der Waals surface area contributed by atoms with Gasteiger partial charge in [0, 0.05) is 24.8 Å². The molecule has 0 spiro atoms. The summed E-state index contributed by atoms with van der Waals surface area (Å²) in [5, 5.41) is 3.89. The molecule has 3 heterocycles. The van der Waals surface area contributed by atoms with E-state index in [1.165, 1.54) is 0 Å². The molecule has 1 saturated heterocycles. The second-order valence-electron chi connectivity index (χ2n) is 6.43. The van der Waals surface area contributed by atoms with Crippen molar-refractivity contribution in [2.45, 2.75) is 13.5 Å². The van der Waals surface area contributed by atoms with Crippen LogP contribution in [0.5, 0.6) is 0 Å². The van der Waals surface area contributed by atoms with E-state index in [2.05, 4.69) is 15.1 Å². The molecule has 4 rings (SSSR count). The van der Waals surface area contributed by atoms with E-state index in [0.717, 1.165) is 11.1 Å². The quantitative estimate of drug-likeness (QED) is 0.624. The average Bonchev–Trinajstić information content (AvgIpc) is 3.22. The van der Waals surface area contributed by atoms with E-state index in [9.17, 15) is 4.79 Å². The zero-order valence-corrected chi connectivity index (χ0v) is 15.5. The molecule has 0 saturated carbocycles. The van der Waals surface area contributed by atoms with Gasteiger partial charge >= 0.3 is 5.97 Å². The summed E-state index contributed by atoms with van der Waals surface area (Å²) in [6, 6.07) is 11.2. The van der Waals surface area contributed by atoms with Gasteiger partial charge in [0.05, 0.1) is 13.2 Å². The summed E-state index contributed by atoms with van der Waals surface area (Å²) in [4.78, 5) is 23.2. The van der Waals surface area contributed by atoms with Crippen LogP contribution in [0, 0.1) is 6.92 Å². The molecule has 8 nitrogen and oxygen atoms in total. The number of aryl methyl sites for hydroxylation is 1. The minimum absolute atomic E-state index is 0.0777. The number of carbonyl (C=O) groups excluding carboxylic acids is 1. The Morgan fingerprint density at radius 1 is 1.18 bits per heavy atom. The maximum absolute atomic E-state index is 12.6. The van der Waals surface area contributed by atoms with Crippen molar-refractivity contribution in [2.24, 2.45) is 0 Å². The number of pyridine rings is 1. The molecule has 8 heteroatoms. The monoisotopic (exact) mass is 380 g/mol. The van der Waals surface area contributed by atoms with Crippen LogP contribution >= 0.6 is 0 Å². The summed E-state index contributed by atoms with van der Waals surface area (Å²) in [6.45, 7) is 4.51. The van der Waals surface area contributed by atoms with E-state index < -0.39 is 5.97 Å². The molecule has 0 bridgehead atoms. The smallest absolute Gasteiger partial charge is 0.342 e. The lowest BCUT2D eigenvalue weighted by Gasteiger charge is -2.28. The van der Waals surface area contributed by atoms with Crippen LogP contribution in [-0.4, -0.2) is 47.4 Å². The van der Waals surface area contributed by atoms with Crippen LogP contribution in [0.3, 0.4) is 0 Å². The van der Waals surface area contributed by atoms with Gasteiger partial charge in [-0.05, 0) is 31.2 Å². The van der Waals surface area contributed by atoms with E-state index in [0.29, 0.717) is 49.4 Å². The van der Waals surface area contributed by atoms with Crippen molar-refractivity contribution in [3.05, 3.63) is 59.5 Å². The molecule has 2 aromatic heterocycles. The van der Waals surface area contributed by atoms with Gasteiger partial charge in [-0.1, -0.05) is 22.9 Å². The second-order valence-corrected chi connectivity index (χ2v) is 6.43. The third-order valence-corrected chi connectivity index (χ3v) is 4.42. The highest BCUT2D eigenvalue weighted by Gasteiger charge is 2.21. The number of ether oxygens (including phenoxy) is 2. The van der Waals surface area contributed by atoms with Crippen molar-refractivity contribution >= 4 is 11.8 Å². The molecular weight excluding hydrogens is 360 g/mol. The first-order valence-corrected chi connectivity index (χ1v) is 9.05. The molecule has 1 aromatic carbocycles. The molecule has 1 aliphatic heterocycles. The molecular formula is C20H20N4O4. The number of benzene rings is 1. The van der Waals surface area contributed by atoms with E-state index >= 15 is 0 Å². The minimum atomic E-state index is -0.476. The zero-order chi connectivity index (χ0) is 19.3. The maximum Gasteiger partial charge on any atom is 0.342 e.